The molecule has 0 spiro atoms. The largest absolute Gasteiger partial charge is 0.494 e. The number of amides is 1. The first-order valence-corrected chi connectivity index (χ1v) is 8.66. The van der Waals surface area contributed by atoms with Crippen molar-refractivity contribution >= 4 is 11.7 Å². The van der Waals surface area contributed by atoms with Gasteiger partial charge in [0.15, 0.2) is 0 Å². The summed E-state index contributed by atoms with van der Waals surface area (Å²) in [5.74, 6) is 1.15. The number of nitrogen functional groups attached to an aromatic ring is 1. The van der Waals surface area contributed by atoms with E-state index in [0.29, 0.717) is 24.3 Å². The third kappa shape index (κ3) is 6.47. The van der Waals surface area contributed by atoms with E-state index in [2.05, 4.69) is 0 Å². The maximum absolute atomic E-state index is 11.0. The molecule has 0 unspecified atom stereocenters. The van der Waals surface area contributed by atoms with E-state index in [1.54, 1.807) is 36.4 Å². The van der Waals surface area contributed by atoms with E-state index in [0.717, 1.165) is 37.2 Å². The molecule has 26 heavy (non-hydrogen) atoms. The lowest BCUT2D eigenvalue weighted by molar-refractivity contribution is 0.1000. The summed E-state index contributed by atoms with van der Waals surface area (Å²) in [6, 6.07) is 14.1. The highest BCUT2D eigenvalue weighted by atomic mass is 16.5. The Kier molecular flexibility index (Phi) is 7.49. The fraction of sp³-hybridized carbons (Fsp3) is 0.300. The molecular formula is C20H25N3O3. The molecule has 0 aliphatic heterocycles. The van der Waals surface area contributed by atoms with E-state index in [-0.39, 0.29) is 5.84 Å². The topological polar surface area (TPSA) is 111 Å². The van der Waals surface area contributed by atoms with Crippen LogP contribution in [0, 0.1) is 5.41 Å². The van der Waals surface area contributed by atoms with Gasteiger partial charge < -0.3 is 20.9 Å². The van der Waals surface area contributed by atoms with E-state index in [4.69, 9.17) is 26.4 Å². The Morgan fingerprint density at radius 2 is 1.15 bits per heavy atom. The molecule has 0 saturated carbocycles. The molecular weight excluding hydrogens is 330 g/mol. The van der Waals surface area contributed by atoms with Crippen LogP contribution < -0.4 is 20.9 Å². The lowest BCUT2D eigenvalue weighted by Crippen LogP contribution is -2.10. The number of benzene rings is 2. The zero-order valence-electron chi connectivity index (χ0n) is 14.7. The van der Waals surface area contributed by atoms with Gasteiger partial charge in [0.05, 0.1) is 13.2 Å². The number of ether oxygens (including phenoxy) is 2. The van der Waals surface area contributed by atoms with Gasteiger partial charge in [0, 0.05) is 11.1 Å². The second-order valence-electron chi connectivity index (χ2n) is 5.94. The molecule has 0 radical (unpaired) electrons. The van der Waals surface area contributed by atoms with Crippen LogP contribution in [0.1, 0.15) is 41.6 Å². The molecule has 0 aliphatic rings. The van der Waals surface area contributed by atoms with E-state index >= 15 is 0 Å². The number of nitrogens with one attached hydrogen (secondary N) is 1. The first-order chi connectivity index (χ1) is 12.6. The first-order valence-electron chi connectivity index (χ1n) is 8.66. The van der Waals surface area contributed by atoms with E-state index < -0.39 is 5.91 Å². The van der Waals surface area contributed by atoms with Gasteiger partial charge in [0.25, 0.3) is 0 Å². The monoisotopic (exact) mass is 355 g/mol. The van der Waals surface area contributed by atoms with Gasteiger partial charge in [-0.25, -0.2) is 0 Å². The number of rotatable bonds is 11. The molecule has 0 aliphatic carbocycles. The summed E-state index contributed by atoms with van der Waals surface area (Å²) in [7, 11) is 0. The maximum atomic E-state index is 11.0. The lowest BCUT2D eigenvalue weighted by atomic mass is 10.2. The van der Waals surface area contributed by atoms with Crippen LogP contribution in [0.25, 0.3) is 0 Å². The third-order valence-electron chi connectivity index (χ3n) is 3.88. The Balaban J connectivity index is 1.52. The summed E-state index contributed by atoms with van der Waals surface area (Å²) in [6.07, 6.45) is 4.06. The molecule has 0 heterocycles. The van der Waals surface area contributed by atoms with Crippen LogP contribution in [0.4, 0.5) is 0 Å². The van der Waals surface area contributed by atoms with Crippen molar-refractivity contribution < 1.29 is 14.3 Å². The number of hydrogen-bond acceptors (Lipinski definition) is 4. The average Bonchev–Trinajstić information content (AvgIpc) is 2.64. The minimum atomic E-state index is -0.437. The highest BCUT2D eigenvalue weighted by Crippen LogP contribution is 2.14. The summed E-state index contributed by atoms with van der Waals surface area (Å²) < 4.78 is 11.3. The van der Waals surface area contributed by atoms with Crippen molar-refractivity contribution in [3.63, 3.8) is 0 Å². The summed E-state index contributed by atoms with van der Waals surface area (Å²) >= 11 is 0. The van der Waals surface area contributed by atoms with Gasteiger partial charge in [0.2, 0.25) is 5.91 Å². The molecule has 0 atom stereocenters. The molecule has 0 saturated heterocycles. The van der Waals surface area contributed by atoms with Crippen LogP contribution in [0.3, 0.4) is 0 Å². The zero-order chi connectivity index (χ0) is 18.8. The summed E-state index contributed by atoms with van der Waals surface area (Å²) in [5, 5.41) is 7.34. The highest BCUT2D eigenvalue weighted by molar-refractivity contribution is 5.95. The van der Waals surface area contributed by atoms with Crippen molar-refractivity contribution in [2.24, 2.45) is 11.5 Å². The molecule has 0 aromatic heterocycles. The summed E-state index contributed by atoms with van der Waals surface area (Å²) in [5.41, 5.74) is 11.8. The molecule has 5 N–H and O–H groups in total. The summed E-state index contributed by atoms with van der Waals surface area (Å²) in [6.45, 7) is 1.30. The molecule has 6 heteroatoms. The zero-order valence-corrected chi connectivity index (χ0v) is 14.7. The van der Waals surface area contributed by atoms with Crippen LogP contribution in [0.15, 0.2) is 48.5 Å². The van der Waals surface area contributed by atoms with Gasteiger partial charge >= 0.3 is 0 Å². The predicted octanol–water partition coefficient (Wildman–Crippen LogP) is 3.09. The van der Waals surface area contributed by atoms with Crippen molar-refractivity contribution in [2.45, 2.75) is 25.7 Å². The van der Waals surface area contributed by atoms with Gasteiger partial charge in [-0.3, -0.25) is 10.2 Å². The second-order valence-corrected chi connectivity index (χ2v) is 5.94. The fourth-order valence-electron chi connectivity index (χ4n) is 2.38. The molecule has 2 rings (SSSR count). The SMILES string of the molecule is N=C(N)c1ccc(OCCCCCCOc2ccc(C(N)=O)cc2)cc1. The molecule has 0 bridgehead atoms. The van der Waals surface area contributed by atoms with Crippen molar-refractivity contribution in [1.29, 1.82) is 5.41 Å². The van der Waals surface area contributed by atoms with Crippen LogP contribution in [0.2, 0.25) is 0 Å². The average molecular weight is 355 g/mol. The van der Waals surface area contributed by atoms with Crippen molar-refractivity contribution in [3.05, 3.63) is 59.7 Å². The molecule has 138 valence electrons. The highest BCUT2D eigenvalue weighted by Gasteiger charge is 2.01. The number of hydrogen-bond donors (Lipinski definition) is 3. The van der Waals surface area contributed by atoms with Gasteiger partial charge in [-0.2, -0.15) is 0 Å². The van der Waals surface area contributed by atoms with Crippen LogP contribution in [0.5, 0.6) is 11.5 Å². The number of carbonyl (C=O) groups is 1. The van der Waals surface area contributed by atoms with Crippen LogP contribution in [-0.2, 0) is 0 Å². The Morgan fingerprint density at radius 3 is 1.54 bits per heavy atom. The molecule has 0 fully saturated rings. The molecule has 2 aromatic carbocycles. The standard InChI is InChI=1S/C20H25N3O3/c21-19(22)15-5-9-17(10-6-15)25-13-3-1-2-4-14-26-18-11-7-16(8-12-18)20(23)24/h5-12H,1-4,13-14H2,(H3,21,22)(H2,23,24). The Labute approximate surface area is 153 Å². The van der Waals surface area contributed by atoms with Crippen molar-refractivity contribution in [2.75, 3.05) is 13.2 Å². The number of primary amides is 1. The number of nitrogens with two attached hydrogens (primary N) is 2. The van der Waals surface area contributed by atoms with Gasteiger partial charge in [-0.15, -0.1) is 0 Å². The van der Waals surface area contributed by atoms with Gasteiger partial charge in [-0.05, 0) is 74.2 Å². The Morgan fingerprint density at radius 1 is 0.731 bits per heavy atom. The Hall–Kier alpha value is -3.02. The van der Waals surface area contributed by atoms with Gasteiger partial charge in [-0.1, -0.05) is 0 Å². The summed E-state index contributed by atoms with van der Waals surface area (Å²) in [4.78, 5) is 11.0. The smallest absolute Gasteiger partial charge is 0.248 e. The third-order valence-corrected chi connectivity index (χ3v) is 3.88. The van der Waals surface area contributed by atoms with E-state index in [1.807, 2.05) is 12.1 Å². The van der Waals surface area contributed by atoms with Crippen molar-refractivity contribution in [1.82, 2.24) is 0 Å². The maximum Gasteiger partial charge on any atom is 0.248 e. The van der Waals surface area contributed by atoms with Crippen molar-refractivity contribution in [3.8, 4) is 11.5 Å². The molecule has 1 amide bonds. The quantitative estimate of drug-likeness (QED) is 0.327. The fourth-order valence-corrected chi connectivity index (χ4v) is 2.38. The molecule has 6 nitrogen and oxygen atoms in total. The van der Waals surface area contributed by atoms with E-state index in [1.165, 1.54) is 0 Å². The minimum absolute atomic E-state index is 0.0579. The van der Waals surface area contributed by atoms with Crippen LogP contribution >= 0.6 is 0 Å². The second kappa shape index (κ2) is 10.1. The number of carbonyl (C=O) groups excluding carboxylic acids is 1. The minimum Gasteiger partial charge on any atom is -0.494 e. The molecule has 2 aromatic rings. The number of amidine groups is 1. The predicted molar refractivity (Wildman–Crippen MR) is 102 cm³/mol. The van der Waals surface area contributed by atoms with E-state index in [9.17, 15) is 4.79 Å². The van der Waals surface area contributed by atoms with Gasteiger partial charge in [0.1, 0.15) is 17.3 Å². The normalized spacial score (nSPS) is 10.3. The lowest BCUT2D eigenvalue weighted by Gasteiger charge is -2.08. The van der Waals surface area contributed by atoms with Crippen LogP contribution in [-0.4, -0.2) is 25.0 Å². The number of unbranched alkanes of at least 4 members (excludes halogenated alkanes) is 3. The Bertz CT molecular complexity index is 649. The first kappa shape index (κ1) is 19.3.